The Kier molecular flexibility index (Phi) is 4.74. The number of anilines is 1. The minimum Gasteiger partial charge on any atom is -0.444 e. The second kappa shape index (κ2) is 6.52. The molecule has 0 bridgehead atoms. The summed E-state index contributed by atoms with van der Waals surface area (Å²) in [5, 5.41) is 5.71. The molecule has 1 saturated carbocycles. The van der Waals surface area contributed by atoms with Crippen LogP contribution >= 0.6 is 0 Å². The molecule has 2 unspecified atom stereocenters. The molecule has 0 aromatic heterocycles. The Bertz CT molecular complexity index is 439. The second-order valence-corrected chi connectivity index (χ2v) is 4.76. The first kappa shape index (κ1) is 13.8. The molecule has 19 heavy (non-hydrogen) atoms. The van der Waals surface area contributed by atoms with E-state index >= 15 is 0 Å². The smallest absolute Gasteiger partial charge is 0.411 e. The first-order valence-corrected chi connectivity index (χ1v) is 6.59. The van der Waals surface area contributed by atoms with Crippen LogP contribution < -0.4 is 10.6 Å². The highest BCUT2D eigenvalue weighted by Gasteiger charge is 2.27. The van der Waals surface area contributed by atoms with Crippen LogP contribution in [0.25, 0.3) is 0 Å². The molecule has 1 fully saturated rings. The summed E-state index contributed by atoms with van der Waals surface area (Å²) in [6.07, 6.45) is 3.44. The third-order valence-electron chi connectivity index (χ3n) is 3.40. The molecule has 2 atom stereocenters. The van der Waals surface area contributed by atoms with Gasteiger partial charge in [-0.1, -0.05) is 12.5 Å². The summed E-state index contributed by atoms with van der Waals surface area (Å²) in [6, 6.07) is 5.96. The fraction of sp³-hybridized carbons (Fsp3) is 0.500. The van der Waals surface area contributed by atoms with Crippen molar-refractivity contribution in [3.63, 3.8) is 0 Å². The Balaban J connectivity index is 1.90. The molecule has 1 amide bonds. The fourth-order valence-electron chi connectivity index (χ4n) is 2.42. The Morgan fingerprint density at radius 2 is 2.16 bits per heavy atom. The predicted molar refractivity (Wildman–Crippen MR) is 71.6 cm³/mol. The average Bonchev–Trinajstić information content (AvgIpc) is 2.39. The van der Waals surface area contributed by atoms with Gasteiger partial charge in [-0.2, -0.15) is 0 Å². The number of benzene rings is 1. The van der Waals surface area contributed by atoms with Gasteiger partial charge in [0, 0.05) is 11.7 Å². The predicted octanol–water partition coefficient (Wildman–Crippen LogP) is 2.90. The summed E-state index contributed by atoms with van der Waals surface area (Å²) in [4.78, 5) is 11.8. The van der Waals surface area contributed by atoms with Gasteiger partial charge < -0.3 is 10.1 Å². The monoisotopic (exact) mass is 266 g/mol. The SMILES string of the molecule is CNC1CCCCC1OC(=O)Nc1cccc(F)c1. The van der Waals surface area contributed by atoms with Gasteiger partial charge in [-0.3, -0.25) is 5.32 Å². The molecule has 5 heteroatoms. The van der Waals surface area contributed by atoms with Crippen molar-refractivity contribution in [2.75, 3.05) is 12.4 Å². The quantitative estimate of drug-likeness (QED) is 0.884. The Morgan fingerprint density at radius 3 is 2.89 bits per heavy atom. The first-order valence-electron chi connectivity index (χ1n) is 6.59. The van der Waals surface area contributed by atoms with Crippen LogP contribution in [0.4, 0.5) is 14.9 Å². The van der Waals surface area contributed by atoms with Gasteiger partial charge in [0.25, 0.3) is 0 Å². The number of rotatable bonds is 3. The normalized spacial score (nSPS) is 22.8. The summed E-state index contributed by atoms with van der Waals surface area (Å²) in [6.45, 7) is 0. The van der Waals surface area contributed by atoms with Crippen molar-refractivity contribution in [2.45, 2.75) is 37.8 Å². The highest BCUT2D eigenvalue weighted by Crippen LogP contribution is 2.21. The number of nitrogens with one attached hydrogen (secondary N) is 2. The second-order valence-electron chi connectivity index (χ2n) is 4.76. The van der Waals surface area contributed by atoms with E-state index in [-0.39, 0.29) is 18.0 Å². The highest BCUT2D eigenvalue weighted by molar-refractivity contribution is 5.84. The van der Waals surface area contributed by atoms with Crippen molar-refractivity contribution >= 4 is 11.8 Å². The molecule has 1 aliphatic carbocycles. The van der Waals surface area contributed by atoms with Crippen molar-refractivity contribution in [2.24, 2.45) is 0 Å². The van der Waals surface area contributed by atoms with Crippen LogP contribution in [0.1, 0.15) is 25.7 Å². The van der Waals surface area contributed by atoms with Gasteiger partial charge >= 0.3 is 6.09 Å². The van der Waals surface area contributed by atoms with E-state index in [1.54, 1.807) is 12.1 Å². The lowest BCUT2D eigenvalue weighted by Gasteiger charge is -2.30. The van der Waals surface area contributed by atoms with E-state index in [9.17, 15) is 9.18 Å². The Hall–Kier alpha value is -1.62. The maximum atomic E-state index is 13.0. The van der Waals surface area contributed by atoms with Crippen molar-refractivity contribution in [3.8, 4) is 0 Å². The van der Waals surface area contributed by atoms with Gasteiger partial charge in [-0.05, 0) is 44.5 Å². The molecule has 1 aromatic carbocycles. The van der Waals surface area contributed by atoms with E-state index in [1.165, 1.54) is 12.1 Å². The number of hydrogen-bond acceptors (Lipinski definition) is 3. The number of amides is 1. The molecule has 0 saturated heterocycles. The van der Waals surface area contributed by atoms with Gasteiger partial charge in [-0.25, -0.2) is 9.18 Å². The number of carbonyl (C=O) groups is 1. The van der Waals surface area contributed by atoms with Crippen LogP contribution in [-0.2, 0) is 4.74 Å². The van der Waals surface area contributed by atoms with Gasteiger partial charge in [0.05, 0.1) is 0 Å². The van der Waals surface area contributed by atoms with Crippen molar-refractivity contribution in [3.05, 3.63) is 30.1 Å². The number of carbonyl (C=O) groups excluding carboxylic acids is 1. The van der Waals surface area contributed by atoms with E-state index in [4.69, 9.17) is 4.74 Å². The van der Waals surface area contributed by atoms with Crippen LogP contribution in [0, 0.1) is 5.82 Å². The van der Waals surface area contributed by atoms with Crippen molar-refractivity contribution in [1.82, 2.24) is 5.32 Å². The standard InChI is InChI=1S/C14H19FN2O2/c1-16-12-7-2-3-8-13(12)19-14(18)17-11-6-4-5-10(15)9-11/h4-6,9,12-13,16H,2-3,7-8H2,1H3,(H,17,18). The van der Waals surface area contributed by atoms with Gasteiger partial charge in [0.15, 0.2) is 0 Å². The van der Waals surface area contributed by atoms with E-state index in [0.717, 1.165) is 25.7 Å². The van der Waals surface area contributed by atoms with Gasteiger partial charge in [-0.15, -0.1) is 0 Å². The lowest BCUT2D eigenvalue weighted by Crippen LogP contribution is -2.43. The van der Waals surface area contributed by atoms with E-state index in [2.05, 4.69) is 10.6 Å². The minimum atomic E-state index is -0.530. The molecule has 4 nitrogen and oxygen atoms in total. The zero-order valence-electron chi connectivity index (χ0n) is 11.0. The fourth-order valence-corrected chi connectivity index (χ4v) is 2.42. The maximum absolute atomic E-state index is 13.0. The van der Waals surface area contributed by atoms with Crippen molar-refractivity contribution in [1.29, 1.82) is 0 Å². The molecule has 0 heterocycles. The molecule has 0 spiro atoms. The Labute approximate surface area is 112 Å². The van der Waals surface area contributed by atoms with Gasteiger partial charge in [0.2, 0.25) is 0 Å². The summed E-state index contributed by atoms with van der Waals surface area (Å²) >= 11 is 0. The largest absolute Gasteiger partial charge is 0.444 e. The van der Waals surface area contributed by atoms with Crippen LogP contribution in [0.15, 0.2) is 24.3 Å². The molecule has 0 aliphatic heterocycles. The number of likely N-dealkylation sites (N-methyl/N-ethyl adjacent to an activating group) is 1. The third kappa shape index (κ3) is 3.92. The molecule has 2 N–H and O–H groups in total. The summed E-state index contributed by atoms with van der Waals surface area (Å²) < 4.78 is 18.4. The molecule has 2 rings (SSSR count). The van der Waals surface area contributed by atoms with Crippen LogP contribution in [0.2, 0.25) is 0 Å². The summed E-state index contributed by atoms with van der Waals surface area (Å²) in [5.41, 5.74) is 0.404. The molecular formula is C14H19FN2O2. The molecule has 1 aromatic rings. The van der Waals surface area contributed by atoms with E-state index < -0.39 is 6.09 Å². The van der Waals surface area contributed by atoms with Gasteiger partial charge in [0.1, 0.15) is 11.9 Å². The van der Waals surface area contributed by atoms with Crippen LogP contribution in [0.3, 0.4) is 0 Å². The van der Waals surface area contributed by atoms with Crippen molar-refractivity contribution < 1.29 is 13.9 Å². The zero-order valence-corrected chi connectivity index (χ0v) is 11.0. The summed E-state index contributed by atoms with van der Waals surface area (Å²) in [5.74, 6) is -0.386. The topological polar surface area (TPSA) is 50.4 Å². The summed E-state index contributed by atoms with van der Waals surface area (Å²) in [7, 11) is 1.87. The molecular weight excluding hydrogens is 247 g/mol. The third-order valence-corrected chi connectivity index (χ3v) is 3.40. The average molecular weight is 266 g/mol. The number of hydrogen-bond donors (Lipinski definition) is 2. The molecule has 1 aliphatic rings. The molecule has 0 radical (unpaired) electrons. The van der Waals surface area contributed by atoms with Crippen LogP contribution in [-0.4, -0.2) is 25.3 Å². The minimum absolute atomic E-state index is 0.118. The maximum Gasteiger partial charge on any atom is 0.411 e. The number of ether oxygens (including phenoxy) is 1. The lowest BCUT2D eigenvalue weighted by atomic mass is 9.92. The first-order chi connectivity index (χ1) is 9.19. The zero-order chi connectivity index (χ0) is 13.7. The highest BCUT2D eigenvalue weighted by atomic mass is 19.1. The van der Waals surface area contributed by atoms with Crippen LogP contribution in [0.5, 0.6) is 0 Å². The van der Waals surface area contributed by atoms with E-state index in [0.29, 0.717) is 5.69 Å². The Morgan fingerprint density at radius 1 is 1.37 bits per heavy atom. The van der Waals surface area contributed by atoms with E-state index in [1.807, 2.05) is 7.05 Å². The lowest BCUT2D eigenvalue weighted by molar-refractivity contribution is 0.0640. The molecule has 104 valence electrons. The number of halogens is 1.